The lowest BCUT2D eigenvalue weighted by Gasteiger charge is -1.98. The van der Waals surface area contributed by atoms with Crippen LogP contribution in [-0.4, -0.2) is 10.2 Å². The Bertz CT molecular complexity index is 383. The van der Waals surface area contributed by atoms with Crippen molar-refractivity contribution in [1.82, 2.24) is 10.2 Å². The minimum atomic E-state index is 0.587. The Morgan fingerprint density at radius 3 is 2.64 bits per heavy atom. The minimum absolute atomic E-state index is 0.587. The van der Waals surface area contributed by atoms with Crippen LogP contribution >= 0.6 is 23.1 Å². The second-order valence-electron chi connectivity index (χ2n) is 2.65. The third kappa shape index (κ3) is 2.31. The number of hydrogen-bond acceptors (Lipinski definition) is 5. The fourth-order valence-electron chi connectivity index (χ4n) is 1.00. The van der Waals surface area contributed by atoms with E-state index in [1.807, 2.05) is 24.3 Å². The number of rotatable bonds is 3. The van der Waals surface area contributed by atoms with E-state index < -0.39 is 0 Å². The predicted molar refractivity (Wildman–Crippen MR) is 58.4 cm³/mol. The van der Waals surface area contributed by atoms with Crippen molar-refractivity contribution in [3.8, 4) is 0 Å². The quantitative estimate of drug-likeness (QED) is 0.866. The molecule has 1 heterocycles. The van der Waals surface area contributed by atoms with E-state index in [1.54, 1.807) is 28.6 Å². The number of benzene rings is 1. The fourth-order valence-corrected chi connectivity index (χ4v) is 2.45. The molecular formula is C9H9N3S2. The van der Waals surface area contributed by atoms with Gasteiger partial charge < -0.3 is 5.73 Å². The molecule has 2 N–H and O–H groups in total. The molecular weight excluding hydrogens is 214 g/mol. The summed E-state index contributed by atoms with van der Waals surface area (Å²) in [5.41, 5.74) is 8.39. The van der Waals surface area contributed by atoms with Gasteiger partial charge in [0, 0.05) is 11.4 Å². The molecule has 0 spiro atoms. The number of nitrogens with two attached hydrogens (primary N) is 1. The maximum Gasteiger partial charge on any atom is 0.178 e. The highest BCUT2D eigenvalue weighted by molar-refractivity contribution is 8.01. The maximum absolute atomic E-state index is 5.51. The average molecular weight is 223 g/mol. The molecule has 0 unspecified atom stereocenters. The van der Waals surface area contributed by atoms with Gasteiger partial charge in [-0.3, -0.25) is 0 Å². The van der Waals surface area contributed by atoms with Crippen LogP contribution in [0.15, 0.2) is 39.0 Å². The first-order valence-corrected chi connectivity index (χ1v) is 5.81. The lowest BCUT2D eigenvalue weighted by atomic mass is 10.2. The normalized spacial score (nSPS) is 10.4. The van der Waals surface area contributed by atoms with Crippen LogP contribution in [0.5, 0.6) is 0 Å². The van der Waals surface area contributed by atoms with E-state index in [9.17, 15) is 0 Å². The van der Waals surface area contributed by atoms with Crippen molar-refractivity contribution < 1.29 is 0 Å². The van der Waals surface area contributed by atoms with E-state index in [-0.39, 0.29) is 0 Å². The summed E-state index contributed by atoms with van der Waals surface area (Å²) in [5, 5.41) is 7.74. The van der Waals surface area contributed by atoms with Gasteiger partial charge in [-0.15, -0.1) is 10.2 Å². The lowest BCUT2D eigenvalue weighted by molar-refractivity contribution is 1.01. The van der Waals surface area contributed by atoms with E-state index in [0.29, 0.717) is 6.54 Å². The monoisotopic (exact) mass is 223 g/mol. The molecule has 0 fully saturated rings. The zero-order chi connectivity index (χ0) is 9.80. The number of hydrogen-bond donors (Lipinski definition) is 1. The Morgan fingerprint density at radius 2 is 2.07 bits per heavy atom. The minimum Gasteiger partial charge on any atom is -0.326 e. The van der Waals surface area contributed by atoms with Crippen LogP contribution in [-0.2, 0) is 6.54 Å². The third-order valence-corrected chi connectivity index (χ3v) is 3.49. The van der Waals surface area contributed by atoms with Crippen molar-refractivity contribution in [2.45, 2.75) is 15.8 Å². The second kappa shape index (κ2) is 4.54. The van der Waals surface area contributed by atoms with Crippen molar-refractivity contribution >= 4 is 23.1 Å². The molecule has 0 aliphatic rings. The molecule has 0 saturated heterocycles. The van der Waals surface area contributed by atoms with Gasteiger partial charge in [-0.1, -0.05) is 35.2 Å². The van der Waals surface area contributed by atoms with Crippen molar-refractivity contribution in [3.63, 3.8) is 0 Å². The average Bonchev–Trinajstić information content (AvgIpc) is 2.72. The highest BCUT2D eigenvalue weighted by Gasteiger charge is 1.99. The zero-order valence-electron chi connectivity index (χ0n) is 7.38. The Labute approximate surface area is 90.4 Å². The van der Waals surface area contributed by atoms with Crippen LogP contribution in [0, 0.1) is 0 Å². The van der Waals surface area contributed by atoms with Gasteiger partial charge in [-0.25, -0.2) is 0 Å². The van der Waals surface area contributed by atoms with Gasteiger partial charge in [0.2, 0.25) is 0 Å². The van der Waals surface area contributed by atoms with Gasteiger partial charge >= 0.3 is 0 Å². The molecule has 0 atom stereocenters. The molecule has 14 heavy (non-hydrogen) atoms. The van der Waals surface area contributed by atoms with Gasteiger partial charge in [0.05, 0.1) is 0 Å². The van der Waals surface area contributed by atoms with Crippen molar-refractivity contribution in [2.75, 3.05) is 0 Å². The topological polar surface area (TPSA) is 51.8 Å². The Kier molecular flexibility index (Phi) is 3.13. The standard InChI is InChI=1S/C9H9N3S2/c10-5-7-1-3-8(4-2-7)14-9-12-11-6-13-9/h1-4,6H,5,10H2. The predicted octanol–water partition coefficient (Wildman–Crippen LogP) is 2.15. The molecule has 0 aliphatic heterocycles. The van der Waals surface area contributed by atoms with E-state index in [0.717, 1.165) is 9.90 Å². The smallest absolute Gasteiger partial charge is 0.178 e. The zero-order valence-corrected chi connectivity index (χ0v) is 9.02. The largest absolute Gasteiger partial charge is 0.326 e. The van der Waals surface area contributed by atoms with Crippen LogP contribution < -0.4 is 5.73 Å². The number of aromatic nitrogens is 2. The summed E-state index contributed by atoms with van der Waals surface area (Å²) in [4.78, 5) is 1.17. The van der Waals surface area contributed by atoms with Crippen LogP contribution in [0.1, 0.15) is 5.56 Å². The molecule has 0 bridgehead atoms. The summed E-state index contributed by atoms with van der Waals surface area (Å²) in [6.07, 6.45) is 0. The van der Waals surface area contributed by atoms with Crippen LogP contribution in [0.4, 0.5) is 0 Å². The summed E-state index contributed by atoms with van der Waals surface area (Å²) in [5.74, 6) is 0. The van der Waals surface area contributed by atoms with E-state index >= 15 is 0 Å². The van der Waals surface area contributed by atoms with E-state index in [2.05, 4.69) is 10.2 Å². The van der Waals surface area contributed by atoms with Gasteiger partial charge in [-0.2, -0.15) is 0 Å². The summed E-state index contributed by atoms with van der Waals surface area (Å²) in [7, 11) is 0. The molecule has 2 rings (SSSR count). The summed E-state index contributed by atoms with van der Waals surface area (Å²) in [6, 6.07) is 8.16. The Hall–Kier alpha value is -0.910. The van der Waals surface area contributed by atoms with Crippen LogP contribution in [0.3, 0.4) is 0 Å². The molecule has 1 aromatic heterocycles. The second-order valence-corrected chi connectivity index (χ2v) is 4.81. The van der Waals surface area contributed by atoms with Crippen LogP contribution in [0.2, 0.25) is 0 Å². The molecule has 0 aliphatic carbocycles. The van der Waals surface area contributed by atoms with Crippen molar-refractivity contribution in [2.24, 2.45) is 5.73 Å². The highest BCUT2D eigenvalue weighted by Crippen LogP contribution is 2.28. The molecule has 72 valence electrons. The number of nitrogens with zero attached hydrogens (tertiary/aromatic N) is 2. The third-order valence-electron chi connectivity index (χ3n) is 1.70. The first-order valence-electron chi connectivity index (χ1n) is 4.11. The van der Waals surface area contributed by atoms with Gasteiger partial charge in [0.1, 0.15) is 5.51 Å². The fraction of sp³-hybridized carbons (Fsp3) is 0.111. The molecule has 3 nitrogen and oxygen atoms in total. The van der Waals surface area contributed by atoms with Crippen LogP contribution in [0.25, 0.3) is 0 Å². The Morgan fingerprint density at radius 1 is 1.29 bits per heavy atom. The molecule has 2 aromatic rings. The summed E-state index contributed by atoms with van der Waals surface area (Å²) < 4.78 is 0.963. The molecule has 1 aromatic carbocycles. The molecule has 0 saturated carbocycles. The van der Waals surface area contributed by atoms with E-state index in [4.69, 9.17) is 5.73 Å². The molecule has 0 amide bonds. The van der Waals surface area contributed by atoms with Gasteiger partial charge in [-0.05, 0) is 17.7 Å². The maximum atomic E-state index is 5.51. The Balaban J connectivity index is 2.10. The highest BCUT2D eigenvalue weighted by atomic mass is 32.2. The van der Waals surface area contributed by atoms with Crippen molar-refractivity contribution in [3.05, 3.63) is 35.3 Å². The van der Waals surface area contributed by atoms with Gasteiger partial charge in [0.15, 0.2) is 4.34 Å². The lowest BCUT2D eigenvalue weighted by Crippen LogP contribution is -1.94. The first kappa shape index (κ1) is 9.64. The summed E-state index contributed by atoms with van der Waals surface area (Å²) >= 11 is 3.16. The van der Waals surface area contributed by atoms with Gasteiger partial charge in [0.25, 0.3) is 0 Å². The van der Waals surface area contributed by atoms with E-state index in [1.165, 1.54) is 4.90 Å². The SMILES string of the molecule is NCc1ccc(Sc2nncs2)cc1. The first-order chi connectivity index (χ1) is 6.88. The summed E-state index contributed by atoms with van der Waals surface area (Å²) in [6.45, 7) is 0.587. The molecule has 0 radical (unpaired) electrons. The molecule has 5 heteroatoms. The van der Waals surface area contributed by atoms with Crippen molar-refractivity contribution in [1.29, 1.82) is 0 Å².